The van der Waals surface area contributed by atoms with Gasteiger partial charge >= 0.3 is 5.97 Å². The van der Waals surface area contributed by atoms with E-state index < -0.39 is 11.8 Å². The molecule has 164 valence electrons. The van der Waals surface area contributed by atoms with Crippen molar-refractivity contribution < 1.29 is 23.8 Å². The van der Waals surface area contributed by atoms with E-state index in [1.807, 2.05) is 18.2 Å². The van der Waals surface area contributed by atoms with Crippen LogP contribution in [-0.2, 0) is 4.79 Å². The van der Waals surface area contributed by atoms with E-state index in [0.29, 0.717) is 24.6 Å². The van der Waals surface area contributed by atoms with Crippen molar-refractivity contribution in [2.45, 2.75) is 18.9 Å². The summed E-state index contributed by atoms with van der Waals surface area (Å²) >= 11 is 0. The Hall–Kier alpha value is -3.69. The highest BCUT2D eigenvalue weighted by Crippen LogP contribution is 2.54. The molecule has 0 amide bonds. The molecule has 0 radical (unpaired) electrons. The van der Waals surface area contributed by atoms with Crippen molar-refractivity contribution in [1.82, 2.24) is 4.98 Å². The third-order valence-electron chi connectivity index (χ3n) is 5.22. The van der Waals surface area contributed by atoms with Gasteiger partial charge in [0.2, 0.25) is 5.76 Å². The van der Waals surface area contributed by atoms with Gasteiger partial charge in [0.05, 0.1) is 13.3 Å². The maximum absolute atomic E-state index is 15.4. The number of aliphatic carboxylic acids is 1. The van der Waals surface area contributed by atoms with Crippen molar-refractivity contribution in [2.24, 2.45) is 0 Å². The first-order valence-corrected chi connectivity index (χ1v) is 9.88. The minimum atomic E-state index is -1.25. The molecule has 1 aliphatic heterocycles. The molecule has 4 N–H and O–H groups in total. The molecule has 0 bridgehead atoms. The Bertz CT molecular complexity index is 1030. The summed E-state index contributed by atoms with van der Waals surface area (Å²) in [6.07, 6.45) is 4.85. The second-order valence-electron chi connectivity index (χ2n) is 7.39. The van der Waals surface area contributed by atoms with Crippen LogP contribution in [0.25, 0.3) is 0 Å². The van der Waals surface area contributed by atoms with Gasteiger partial charge in [0.1, 0.15) is 22.9 Å². The first kappa shape index (κ1) is 20.6. The van der Waals surface area contributed by atoms with Crippen molar-refractivity contribution in [3.8, 4) is 11.5 Å². The highest BCUT2D eigenvalue weighted by molar-refractivity contribution is 5.93. The van der Waals surface area contributed by atoms with E-state index in [4.69, 9.17) is 15.2 Å². The Morgan fingerprint density at radius 2 is 2.26 bits per heavy atom. The van der Waals surface area contributed by atoms with Crippen molar-refractivity contribution in [3.63, 3.8) is 0 Å². The summed E-state index contributed by atoms with van der Waals surface area (Å²) in [5, 5.41) is 12.6. The van der Waals surface area contributed by atoms with Gasteiger partial charge in [-0.3, -0.25) is 0 Å². The summed E-state index contributed by atoms with van der Waals surface area (Å²) in [7, 11) is 3.17. The molecule has 0 spiro atoms. The number of ether oxygens (including phenoxy) is 2. The second kappa shape index (κ2) is 8.21. The van der Waals surface area contributed by atoms with E-state index in [-0.39, 0.29) is 34.7 Å². The minimum absolute atomic E-state index is 0.0371. The average Bonchev–Trinajstić information content (AvgIpc) is 3.61. The number of fused-ring (bicyclic) bond motifs is 1. The van der Waals surface area contributed by atoms with E-state index >= 15 is 4.39 Å². The molecular weight excluding hydrogens is 405 g/mol. The monoisotopic (exact) mass is 429 g/mol. The van der Waals surface area contributed by atoms with Crippen LogP contribution >= 0.6 is 0 Å². The average molecular weight is 429 g/mol. The number of nitrogen functional groups attached to an aromatic ring is 1. The van der Waals surface area contributed by atoms with Gasteiger partial charge in [-0.25, -0.2) is 14.2 Å². The maximum Gasteiger partial charge on any atom is 0.373 e. The van der Waals surface area contributed by atoms with Gasteiger partial charge in [-0.05, 0) is 25.0 Å². The number of nitrogens with two attached hydrogens (primary N) is 1. The topological polar surface area (TPSA) is 113 Å². The maximum atomic E-state index is 15.4. The molecule has 0 atom stereocenters. The summed E-state index contributed by atoms with van der Waals surface area (Å²) in [6.45, 7) is 0.932. The Balaban J connectivity index is 1.68. The van der Waals surface area contributed by atoms with Crippen LogP contribution in [-0.4, -0.2) is 49.3 Å². The Kier molecular flexibility index (Phi) is 5.45. The van der Waals surface area contributed by atoms with Crippen LogP contribution < -0.4 is 30.3 Å². The van der Waals surface area contributed by atoms with Crippen molar-refractivity contribution >= 4 is 28.8 Å². The van der Waals surface area contributed by atoms with Crippen molar-refractivity contribution in [3.05, 3.63) is 42.2 Å². The van der Waals surface area contributed by atoms with E-state index in [2.05, 4.69) is 10.3 Å². The molecule has 9 nitrogen and oxygen atoms in total. The Labute approximate surface area is 178 Å². The molecular formula is C21H24FN5O4. The quantitative estimate of drug-likeness (QED) is 0.545. The largest absolute Gasteiger partial charge is 0.492 e. The number of aromatic nitrogens is 1. The van der Waals surface area contributed by atoms with E-state index in [1.165, 1.54) is 13.3 Å². The zero-order chi connectivity index (χ0) is 22.1. The first-order valence-electron chi connectivity index (χ1n) is 9.88. The zero-order valence-corrected chi connectivity index (χ0v) is 17.3. The number of hydrogen-bond acceptors (Lipinski definition) is 8. The van der Waals surface area contributed by atoms with Gasteiger partial charge < -0.3 is 35.4 Å². The van der Waals surface area contributed by atoms with Crippen LogP contribution in [0, 0.1) is 5.82 Å². The van der Waals surface area contributed by atoms with Crippen molar-refractivity contribution in [2.75, 3.05) is 48.1 Å². The van der Waals surface area contributed by atoms with E-state index in [1.54, 1.807) is 23.0 Å². The Morgan fingerprint density at radius 3 is 2.87 bits per heavy atom. The fourth-order valence-corrected chi connectivity index (χ4v) is 3.54. The van der Waals surface area contributed by atoms with Crippen LogP contribution in [0.4, 0.5) is 27.3 Å². The SMILES string of the molecule is COc1c(N(C)CCNc2ccccn2)c(F)c(N)c2c1N(C1CC1)C=C(C(=O)O)O2. The molecule has 1 saturated carbocycles. The van der Waals surface area contributed by atoms with Crippen LogP contribution in [0.5, 0.6) is 11.5 Å². The highest BCUT2D eigenvalue weighted by atomic mass is 19.1. The number of halogens is 1. The highest BCUT2D eigenvalue weighted by Gasteiger charge is 2.40. The smallest absolute Gasteiger partial charge is 0.373 e. The molecule has 1 fully saturated rings. The molecule has 1 aliphatic carbocycles. The number of nitrogens with one attached hydrogen (secondary N) is 1. The predicted molar refractivity (Wildman–Crippen MR) is 115 cm³/mol. The lowest BCUT2D eigenvalue weighted by molar-refractivity contribution is -0.135. The number of carbonyl (C=O) groups is 1. The number of carboxylic acid groups (broad SMARTS) is 1. The van der Waals surface area contributed by atoms with Gasteiger partial charge in [0, 0.05) is 32.4 Å². The molecule has 2 aliphatic rings. The number of likely N-dealkylation sites (N-methyl/N-ethyl adjacent to an activating group) is 1. The third kappa shape index (κ3) is 3.88. The molecule has 4 rings (SSSR count). The molecule has 10 heteroatoms. The molecule has 0 unspecified atom stereocenters. The van der Waals surface area contributed by atoms with Gasteiger partial charge in [-0.2, -0.15) is 0 Å². The summed E-state index contributed by atoms with van der Waals surface area (Å²) in [5.41, 5.74) is 6.44. The molecule has 1 aromatic heterocycles. The summed E-state index contributed by atoms with van der Waals surface area (Å²) in [4.78, 5) is 19.2. The number of carboxylic acids is 1. The van der Waals surface area contributed by atoms with Gasteiger partial charge in [-0.15, -0.1) is 0 Å². The number of rotatable bonds is 8. The summed E-state index contributed by atoms with van der Waals surface area (Å²) in [5.74, 6) is -1.36. The lowest BCUT2D eigenvalue weighted by Gasteiger charge is -2.33. The first-order chi connectivity index (χ1) is 14.9. The summed E-state index contributed by atoms with van der Waals surface area (Å²) < 4.78 is 26.4. The van der Waals surface area contributed by atoms with Crippen LogP contribution in [0.1, 0.15) is 12.8 Å². The molecule has 31 heavy (non-hydrogen) atoms. The van der Waals surface area contributed by atoms with Gasteiger partial charge in [-0.1, -0.05) is 6.07 Å². The summed E-state index contributed by atoms with van der Waals surface area (Å²) in [6, 6.07) is 5.62. The lowest BCUT2D eigenvalue weighted by Crippen LogP contribution is -2.31. The number of methoxy groups -OCH3 is 1. The molecule has 0 saturated heterocycles. The van der Waals surface area contributed by atoms with Crippen LogP contribution in [0.3, 0.4) is 0 Å². The van der Waals surface area contributed by atoms with Gasteiger partial charge in [0.15, 0.2) is 17.3 Å². The molecule has 2 aromatic rings. The standard InChI is InChI=1S/C21H24FN5O4/c1-26(10-9-25-14-5-3-4-8-24-14)17-15(22)16(23)19-18(20(17)30-2)27(12-6-7-12)11-13(31-19)21(28)29/h3-5,8,11-12H,6-7,9-10,23H2,1-2H3,(H,24,25)(H,28,29). The normalized spacial score (nSPS) is 14.9. The van der Waals surface area contributed by atoms with Crippen LogP contribution in [0.15, 0.2) is 36.4 Å². The predicted octanol–water partition coefficient (Wildman–Crippen LogP) is 2.65. The van der Waals surface area contributed by atoms with Crippen LogP contribution in [0.2, 0.25) is 0 Å². The number of anilines is 4. The fourth-order valence-electron chi connectivity index (χ4n) is 3.54. The number of nitrogens with zero attached hydrogens (tertiary/aromatic N) is 3. The fraction of sp³-hybridized carbons (Fsp3) is 0.333. The number of hydrogen-bond donors (Lipinski definition) is 3. The Morgan fingerprint density at radius 1 is 1.48 bits per heavy atom. The lowest BCUT2D eigenvalue weighted by atomic mass is 10.1. The van der Waals surface area contributed by atoms with E-state index in [0.717, 1.165) is 12.8 Å². The third-order valence-corrected chi connectivity index (χ3v) is 5.22. The number of pyridine rings is 1. The van der Waals surface area contributed by atoms with E-state index in [9.17, 15) is 9.90 Å². The second-order valence-corrected chi connectivity index (χ2v) is 7.39. The minimum Gasteiger partial charge on any atom is -0.492 e. The zero-order valence-electron chi connectivity index (χ0n) is 17.3. The molecule has 2 heterocycles. The molecule has 1 aromatic carbocycles. The van der Waals surface area contributed by atoms with Crippen molar-refractivity contribution in [1.29, 1.82) is 0 Å². The number of benzene rings is 1. The van der Waals surface area contributed by atoms with Gasteiger partial charge in [0.25, 0.3) is 0 Å².